The Hall–Kier alpha value is -1.51. The molecule has 0 aromatic heterocycles. The number of carbonyl (C=O) groups excluding carboxylic acids is 1. The molecule has 0 heterocycles. The van der Waals surface area contributed by atoms with Gasteiger partial charge in [-0.1, -0.05) is 19.8 Å². The molecule has 1 amide bonds. The predicted octanol–water partition coefficient (Wildman–Crippen LogP) is 3.04. The van der Waals surface area contributed by atoms with Crippen molar-refractivity contribution in [3.8, 4) is 5.75 Å². The van der Waals surface area contributed by atoms with Gasteiger partial charge in [0, 0.05) is 18.7 Å². The molecule has 1 aromatic carbocycles. The van der Waals surface area contributed by atoms with Gasteiger partial charge >= 0.3 is 0 Å². The molecule has 18 heavy (non-hydrogen) atoms. The number of phenolic OH excluding ortho intramolecular Hbond substituents is 1. The summed E-state index contributed by atoms with van der Waals surface area (Å²) in [6.45, 7) is 2.25. The quantitative estimate of drug-likeness (QED) is 0.872. The van der Waals surface area contributed by atoms with E-state index in [-0.39, 0.29) is 11.7 Å². The Kier molecular flexibility index (Phi) is 3.90. The van der Waals surface area contributed by atoms with E-state index in [1.165, 1.54) is 12.8 Å². The van der Waals surface area contributed by atoms with Crippen LogP contribution in [0.3, 0.4) is 0 Å². The first-order valence-electron chi connectivity index (χ1n) is 6.64. The average molecular weight is 247 g/mol. The van der Waals surface area contributed by atoms with Crippen molar-refractivity contribution in [2.24, 2.45) is 5.92 Å². The summed E-state index contributed by atoms with van der Waals surface area (Å²) in [6.07, 6.45) is 4.68. The van der Waals surface area contributed by atoms with Gasteiger partial charge < -0.3 is 10.0 Å². The van der Waals surface area contributed by atoms with Crippen molar-refractivity contribution >= 4 is 5.91 Å². The van der Waals surface area contributed by atoms with E-state index in [2.05, 4.69) is 6.92 Å². The van der Waals surface area contributed by atoms with Gasteiger partial charge in [-0.25, -0.2) is 0 Å². The molecule has 3 heteroatoms. The van der Waals surface area contributed by atoms with E-state index in [0.29, 0.717) is 17.5 Å². The topological polar surface area (TPSA) is 40.5 Å². The van der Waals surface area contributed by atoms with Crippen molar-refractivity contribution < 1.29 is 9.90 Å². The van der Waals surface area contributed by atoms with Crippen molar-refractivity contribution in [1.82, 2.24) is 4.90 Å². The molecule has 2 rings (SSSR count). The Labute approximate surface area is 108 Å². The second-order valence-electron chi connectivity index (χ2n) is 5.39. The lowest BCUT2D eigenvalue weighted by atomic mass is 9.86. The molecule has 2 unspecified atom stereocenters. The molecule has 1 aromatic rings. The number of hydrogen-bond acceptors (Lipinski definition) is 2. The van der Waals surface area contributed by atoms with Crippen LogP contribution in [0, 0.1) is 5.92 Å². The molecule has 0 aliphatic heterocycles. The molecule has 3 nitrogen and oxygen atoms in total. The van der Waals surface area contributed by atoms with Gasteiger partial charge in [-0.2, -0.15) is 0 Å². The van der Waals surface area contributed by atoms with Crippen molar-refractivity contribution in [1.29, 1.82) is 0 Å². The van der Waals surface area contributed by atoms with Crippen molar-refractivity contribution in [3.05, 3.63) is 29.8 Å². The van der Waals surface area contributed by atoms with Gasteiger partial charge in [0.25, 0.3) is 5.91 Å². The summed E-state index contributed by atoms with van der Waals surface area (Å²) in [4.78, 5) is 14.2. The van der Waals surface area contributed by atoms with Gasteiger partial charge in [-0.05, 0) is 43.0 Å². The summed E-state index contributed by atoms with van der Waals surface area (Å²) >= 11 is 0. The van der Waals surface area contributed by atoms with Gasteiger partial charge in [0.2, 0.25) is 0 Å². The standard InChI is InChI=1S/C15H21NO2/c1-11-4-3-5-13(10-11)16(2)15(18)12-6-8-14(17)9-7-12/h6-9,11,13,17H,3-5,10H2,1-2H3. The van der Waals surface area contributed by atoms with Crippen LogP contribution < -0.4 is 0 Å². The third kappa shape index (κ3) is 2.84. The number of carbonyl (C=O) groups is 1. The highest BCUT2D eigenvalue weighted by atomic mass is 16.3. The Morgan fingerprint density at radius 2 is 1.94 bits per heavy atom. The second-order valence-corrected chi connectivity index (χ2v) is 5.39. The van der Waals surface area contributed by atoms with Gasteiger partial charge in [-0.3, -0.25) is 4.79 Å². The van der Waals surface area contributed by atoms with E-state index in [9.17, 15) is 9.90 Å². The number of hydrogen-bond donors (Lipinski definition) is 1. The minimum absolute atomic E-state index is 0.0501. The predicted molar refractivity (Wildman–Crippen MR) is 71.6 cm³/mol. The Balaban J connectivity index is 2.06. The fourth-order valence-electron chi connectivity index (χ4n) is 2.73. The van der Waals surface area contributed by atoms with E-state index in [4.69, 9.17) is 0 Å². The summed E-state index contributed by atoms with van der Waals surface area (Å²) < 4.78 is 0. The monoisotopic (exact) mass is 247 g/mol. The maximum absolute atomic E-state index is 12.3. The third-order valence-corrected chi connectivity index (χ3v) is 3.89. The smallest absolute Gasteiger partial charge is 0.253 e. The molecular formula is C15H21NO2. The number of phenols is 1. The molecule has 0 saturated heterocycles. The summed E-state index contributed by atoms with van der Waals surface area (Å²) in [5.41, 5.74) is 0.647. The van der Waals surface area contributed by atoms with Crippen LogP contribution in [0.2, 0.25) is 0 Å². The molecule has 1 fully saturated rings. The molecule has 2 atom stereocenters. The van der Waals surface area contributed by atoms with Crippen molar-refractivity contribution in [2.75, 3.05) is 7.05 Å². The number of amides is 1. The fraction of sp³-hybridized carbons (Fsp3) is 0.533. The van der Waals surface area contributed by atoms with Crippen LogP contribution in [-0.2, 0) is 0 Å². The summed E-state index contributed by atoms with van der Waals surface area (Å²) in [5, 5.41) is 9.24. The zero-order valence-electron chi connectivity index (χ0n) is 11.1. The summed E-state index contributed by atoms with van der Waals surface area (Å²) in [7, 11) is 1.89. The lowest BCUT2D eigenvalue weighted by Crippen LogP contribution is -2.39. The maximum atomic E-state index is 12.3. The number of aromatic hydroxyl groups is 1. The Morgan fingerprint density at radius 3 is 2.56 bits per heavy atom. The molecule has 1 N–H and O–H groups in total. The third-order valence-electron chi connectivity index (χ3n) is 3.89. The number of nitrogens with zero attached hydrogens (tertiary/aromatic N) is 1. The van der Waals surface area contributed by atoms with E-state index < -0.39 is 0 Å². The van der Waals surface area contributed by atoms with Gasteiger partial charge in [0.15, 0.2) is 0 Å². The minimum atomic E-state index is 0.0501. The highest BCUT2D eigenvalue weighted by molar-refractivity contribution is 5.94. The summed E-state index contributed by atoms with van der Waals surface area (Å²) in [6, 6.07) is 6.84. The van der Waals surface area contributed by atoms with Crippen LogP contribution in [0.4, 0.5) is 0 Å². The zero-order chi connectivity index (χ0) is 13.1. The normalized spacial score (nSPS) is 23.7. The summed E-state index contributed by atoms with van der Waals surface area (Å²) in [5.74, 6) is 0.952. The van der Waals surface area contributed by atoms with Gasteiger partial charge in [0.1, 0.15) is 5.75 Å². The lowest BCUT2D eigenvalue weighted by Gasteiger charge is -2.34. The first-order chi connectivity index (χ1) is 8.58. The minimum Gasteiger partial charge on any atom is -0.508 e. The molecule has 98 valence electrons. The average Bonchev–Trinajstić information content (AvgIpc) is 2.38. The SMILES string of the molecule is CC1CCCC(N(C)C(=O)c2ccc(O)cc2)C1. The molecular weight excluding hydrogens is 226 g/mol. The van der Waals surface area contributed by atoms with Crippen LogP contribution in [-0.4, -0.2) is 29.0 Å². The fourth-order valence-corrected chi connectivity index (χ4v) is 2.73. The highest BCUT2D eigenvalue weighted by Gasteiger charge is 2.25. The van der Waals surface area contributed by atoms with Gasteiger partial charge in [0.05, 0.1) is 0 Å². The van der Waals surface area contributed by atoms with Crippen LogP contribution >= 0.6 is 0 Å². The Bertz CT molecular complexity index is 413. The molecule has 1 saturated carbocycles. The van der Waals surface area contributed by atoms with E-state index in [0.717, 1.165) is 12.8 Å². The molecule has 0 spiro atoms. The number of benzene rings is 1. The van der Waals surface area contributed by atoms with Crippen LogP contribution in [0.1, 0.15) is 43.0 Å². The van der Waals surface area contributed by atoms with Crippen LogP contribution in [0.15, 0.2) is 24.3 Å². The zero-order valence-corrected chi connectivity index (χ0v) is 11.1. The van der Waals surface area contributed by atoms with Crippen molar-refractivity contribution in [2.45, 2.75) is 38.6 Å². The lowest BCUT2D eigenvalue weighted by molar-refractivity contribution is 0.0672. The van der Waals surface area contributed by atoms with Crippen LogP contribution in [0.25, 0.3) is 0 Å². The van der Waals surface area contributed by atoms with E-state index in [1.807, 2.05) is 11.9 Å². The Morgan fingerprint density at radius 1 is 1.28 bits per heavy atom. The maximum Gasteiger partial charge on any atom is 0.253 e. The number of rotatable bonds is 2. The molecule has 1 aliphatic rings. The largest absolute Gasteiger partial charge is 0.508 e. The highest BCUT2D eigenvalue weighted by Crippen LogP contribution is 2.27. The van der Waals surface area contributed by atoms with E-state index >= 15 is 0 Å². The molecule has 1 aliphatic carbocycles. The molecule has 0 bridgehead atoms. The van der Waals surface area contributed by atoms with E-state index in [1.54, 1.807) is 24.3 Å². The van der Waals surface area contributed by atoms with Crippen molar-refractivity contribution in [3.63, 3.8) is 0 Å². The first-order valence-corrected chi connectivity index (χ1v) is 6.64. The first kappa shape index (κ1) is 12.9. The van der Waals surface area contributed by atoms with Gasteiger partial charge in [-0.15, -0.1) is 0 Å². The van der Waals surface area contributed by atoms with Crippen LogP contribution in [0.5, 0.6) is 5.75 Å². The molecule has 0 radical (unpaired) electrons. The second kappa shape index (κ2) is 5.42.